The fraction of sp³-hybridized carbons (Fsp3) is 0. The number of nitrogens with zero attached hydrogens (tertiary/aromatic N) is 3. The summed E-state index contributed by atoms with van der Waals surface area (Å²) in [5.41, 5.74) is 0.625. The summed E-state index contributed by atoms with van der Waals surface area (Å²) in [6.07, 6.45) is 0. The van der Waals surface area contributed by atoms with Gasteiger partial charge in [0.1, 0.15) is 5.52 Å². The van der Waals surface area contributed by atoms with E-state index < -0.39 is 9.85 Å². The van der Waals surface area contributed by atoms with Crippen LogP contribution >= 0.6 is 75.5 Å². The molecule has 2 aromatic carbocycles. The van der Waals surface area contributed by atoms with Crippen molar-refractivity contribution in [2.45, 2.75) is 10.1 Å². The molecule has 0 saturated heterocycles. The lowest BCUT2D eigenvalue weighted by Gasteiger charge is -2.03. The number of rotatable bonds is 4. The molecule has 3 rings (SSSR count). The molecule has 1 heterocycles. The van der Waals surface area contributed by atoms with Crippen molar-refractivity contribution in [2.75, 3.05) is 0 Å². The summed E-state index contributed by atoms with van der Waals surface area (Å²) >= 11 is 14.9. The van der Waals surface area contributed by atoms with E-state index in [4.69, 9.17) is 0 Å². The summed E-state index contributed by atoms with van der Waals surface area (Å²) in [6, 6.07) is 3.45. The fourth-order valence-electron chi connectivity index (χ4n) is 2.07. The highest BCUT2D eigenvalue weighted by Gasteiger charge is 2.20. The van der Waals surface area contributed by atoms with Gasteiger partial charge < -0.3 is 4.98 Å². The Hall–Kier alpha value is -1.02. The Labute approximate surface area is 182 Å². The largest absolute Gasteiger partial charge is 0.332 e. The Morgan fingerprint density at radius 3 is 1.96 bits per heavy atom. The maximum absolute atomic E-state index is 11.0. The number of H-pyrrole nitrogens is 1. The molecule has 0 aliphatic rings. The number of fused-ring (bicyclic) bond motifs is 1. The molecule has 0 aliphatic heterocycles. The number of nitro benzene ring substituents is 2. The first-order valence-corrected chi connectivity index (χ1v) is 10.5. The van der Waals surface area contributed by atoms with Crippen LogP contribution in [0, 0.1) is 20.2 Å². The predicted octanol–water partition coefficient (Wildman–Crippen LogP) is 6.58. The molecule has 0 radical (unpaired) electrons. The molecule has 13 heteroatoms. The second-order valence-electron chi connectivity index (χ2n) is 4.82. The van der Waals surface area contributed by atoms with Crippen molar-refractivity contribution in [2.24, 2.45) is 0 Å². The van der Waals surface area contributed by atoms with E-state index in [9.17, 15) is 20.2 Å². The topological polar surface area (TPSA) is 115 Å². The zero-order chi connectivity index (χ0) is 19.2. The van der Waals surface area contributed by atoms with Gasteiger partial charge >= 0.3 is 0 Å². The Kier molecular flexibility index (Phi) is 5.72. The first-order valence-electron chi connectivity index (χ1n) is 6.52. The van der Waals surface area contributed by atoms with Gasteiger partial charge in [-0.1, -0.05) is 11.8 Å². The minimum Gasteiger partial charge on any atom is -0.332 e. The molecular formula is C13H4Br4N4O4S. The van der Waals surface area contributed by atoms with Gasteiger partial charge in [0, 0.05) is 26.0 Å². The second-order valence-corrected chi connectivity index (χ2v) is 9.06. The molecule has 0 unspecified atom stereocenters. The van der Waals surface area contributed by atoms with Gasteiger partial charge in [0.15, 0.2) is 5.16 Å². The number of hydrogen-bond acceptors (Lipinski definition) is 6. The first kappa shape index (κ1) is 19.7. The highest BCUT2D eigenvalue weighted by atomic mass is 79.9. The molecule has 0 saturated carbocycles. The Bertz CT molecular complexity index is 1010. The number of hydrogen-bond donors (Lipinski definition) is 1. The van der Waals surface area contributed by atoms with Gasteiger partial charge in [0.05, 0.1) is 30.4 Å². The number of imidazole rings is 1. The van der Waals surface area contributed by atoms with Crippen molar-refractivity contribution >= 4 is 97.9 Å². The molecule has 1 N–H and O–H groups in total. The monoisotopic (exact) mass is 628 g/mol. The number of aromatic amines is 1. The SMILES string of the molecule is O=[N+]([O-])c1cc(Sc2nc3c(Br)c(Br)c(Br)c(Br)c3[nH]2)cc([N+](=O)[O-])c1. The Morgan fingerprint density at radius 1 is 0.885 bits per heavy atom. The number of aromatic nitrogens is 2. The van der Waals surface area contributed by atoms with E-state index in [1.165, 1.54) is 12.1 Å². The van der Waals surface area contributed by atoms with Crippen LogP contribution in [0.5, 0.6) is 0 Å². The van der Waals surface area contributed by atoms with Crippen LogP contribution < -0.4 is 0 Å². The van der Waals surface area contributed by atoms with E-state index in [-0.39, 0.29) is 11.4 Å². The third kappa shape index (κ3) is 3.67. The van der Waals surface area contributed by atoms with E-state index in [0.717, 1.165) is 35.7 Å². The lowest BCUT2D eigenvalue weighted by Crippen LogP contribution is -1.93. The highest BCUT2D eigenvalue weighted by molar-refractivity contribution is 9.15. The maximum Gasteiger partial charge on any atom is 0.277 e. The molecule has 0 aliphatic carbocycles. The predicted molar refractivity (Wildman–Crippen MR) is 111 cm³/mol. The number of benzene rings is 2. The number of halogens is 4. The van der Waals surface area contributed by atoms with Crippen molar-refractivity contribution in [1.29, 1.82) is 0 Å². The third-order valence-corrected chi connectivity index (χ3v) is 8.81. The van der Waals surface area contributed by atoms with Gasteiger partial charge in [-0.3, -0.25) is 20.2 Å². The van der Waals surface area contributed by atoms with E-state index in [0.29, 0.717) is 21.1 Å². The molecule has 0 atom stereocenters. The van der Waals surface area contributed by atoms with Crippen LogP contribution in [0.1, 0.15) is 0 Å². The van der Waals surface area contributed by atoms with Crippen LogP contribution in [-0.2, 0) is 0 Å². The fourth-order valence-corrected chi connectivity index (χ4v) is 5.23. The summed E-state index contributed by atoms with van der Waals surface area (Å²) < 4.78 is 3.01. The molecule has 0 spiro atoms. The van der Waals surface area contributed by atoms with Gasteiger partial charge in [0.25, 0.3) is 11.4 Å². The summed E-state index contributed by atoms with van der Waals surface area (Å²) in [5.74, 6) is 0. The zero-order valence-electron chi connectivity index (χ0n) is 12.1. The average Bonchev–Trinajstić information content (AvgIpc) is 3.01. The van der Waals surface area contributed by atoms with Crippen LogP contribution in [0.25, 0.3) is 11.0 Å². The molecule has 8 nitrogen and oxygen atoms in total. The number of nitrogens with one attached hydrogen (secondary N) is 1. The second kappa shape index (κ2) is 7.54. The summed E-state index contributed by atoms with van der Waals surface area (Å²) in [7, 11) is 0. The lowest BCUT2D eigenvalue weighted by atomic mass is 10.3. The molecule has 0 bridgehead atoms. The first-order chi connectivity index (χ1) is 12.2. The summed E-state index contributed by atoms with van der Waals surface area (Å²) in [5, 5.41) is 22.5. The number of nitro groups is 2. The molecule has 0 fully saturated rings. The van der Waals surface area contributed by atoms with Crippen molar-refractivity contribution in [3.63, 3.8) is 0 Å². The standard InChI is InChI=1S/C13H4Br4N4O4S/c14-7-8(15)10(17)12-11(9(7)16)18-13(19-12)26-6-2-4(20(22)23)1-5(3-6)21(24)25/h1-3H,(H,18,19). The zero-order valence-corrected chi connectivity index (χ0v) is 19.3. The normalized spacial score (nSPS) is 11.1. The molecule has 3 aromatic rings. The van der Waals surface area contributed by atoms with E-state index in [1.54, 1.807) is 0 Å². The molecule has 134 valence electrons. The molecule has 26 heavy (non-hydrogen) atoms. The lowest BCUT2D eigenvalue weighted by molar-refractivity contribution is -0.394. The van der Waals surface area contributed by atoms with Gasteiger partial charge in [-0.15, -0.1) is 0 Å². The number of non-ortho nitro benzene ring substituents is 2. The van der Waals surface area contributed by atoms with E-state index in [2.05, 4.69) is 73.7 Å². The van der Waals surface area contributed by atoms with Crippen molar-refractivity contribution in [3.8, 4) is 0 Å². The van der Waals surface area contributed by atoms with Gasteiger partial charge in [-0.05, 0) is 63.7 Å². The highest BCUT2D eigenvalue weighted by Crippen LogP contribution is 2.44. The van der Waals surface area contributed by atoms with Crippen molar-refractivity contribution in [1.82, 2.24) is 9.97 Å². The van der Waals surface area contributed by atoms with E-state index >= 15 is 0 Å². The molecular weight excluding hydrogens is 628 g/mol. The smallest absolute Gasteiger partial charge is 0.277 e. The van der Waals surface area contributed by atoms with Crippen LogP contribution in [0.2, 0.25) is 0 Å². The third-order valence-electron chi connectivity index (χ3n) is 3.20. The van der Waals surface area contributed by atoms with Crippen molar-refractivity contribution in [3.05, 3.63) is 56.3 Å². The van der Waals surface area contributed by atoms with Gasteiger partial charge in [-0.2, -0.15) is 0 Å². The van der Waals surface area contributed by atoms with Crippen LogP contribution in [-0.4, -0.2) is 19.8 Å². The van der Waals surface area contributed by atoms with Crippen LogP contribution in [0.15, 0.2) is 46.1 Å². The minimum atomic E-state index is -0.670. The maximum atomic E-state index is 11.0. The quantitative estimate of drug-likeness (QED) is 0.151. The van der Waals surface area contributed by atoms with Gasteiger partial charge in [-0.25, -0.2) is 4.98 Å². The molecule has 0 amide bonds. The van der Waals surface area contributed by atoms with E-state index in [1.807, 2.05) is 0 Å². The van der Waals surface area contributed by atoms with Crippen LogP contribution in [0.3, 0.4) is 0 Å². The van der Waals surface area contributed by atoms with Crippen LogP contribution in [0.4, 0.5) is 11.4 Å². The Balaban J connectivity index is 2.09. The average molecular weight is 632 g/mol. The minimum absolute atomic E-state index is 0.329. The Morgan fingerprint density at radius 2 is 1.42 bits per heavy atom. The molecule has 1 aromatic heterocycles. The van der Waals surface area contributed by atoms with Gasteiger partial charge in [0.2, 0.25) is 0 Å². The summed E-state index contributed by atoms with van der Waals surface area (Å²) in [4.78, 5) is 28.6. The van der Waals surface area contributed by atoms with Crippen molar-refractivity contribution < 1.29 is 9.85 Å². The summed E-state index contributed by atoms with van der Waals surface area (Å²) in [6.45, 7) is 0.